The Morgan fingerprint density at radius 1 is 1.29 bits per heavy atom. The molecule has 1 amide bonds. The molecule has 17 heavy (non-hydrogen) atoms. The van der Waals surface area contributed by atoms with Crippen LogP contribution in [-0.2, 0) is 0 Å². The quantitative estimate of drug-likeness (QED) is 0.892. The zero-order valence-corrected chi connectivity index (χ0v) is 9.28. The van der Waals surface area contributed by atoms with Crippen LogP contribution >= 0.6 is 11.6 Å². The monoisotopic (exact) mass is 251 g/mol. The van der Waals surface area contributed by atoms with Gasteiger partial charge in [-0.25, -0.2) is 14.4 Å². The minimum Gasteiger partial charge on any atom is -0.290 e. The molecule has 1 aromatic heterocycles. The van der Waals surface area contributed by atoms with E-state index in [0.717, 1.165) is 12.1 Å². The number of aromatic nitrogens is 2. The van der Waals surface area contributed by atoms with Crippen LogP contribution in [0.2, 0.25) is 5.02 Å². The van der Waals surface area contributed by atoms with Gasteiger partial charge in [-0.1, -0.05) is 11.6 Å². The fourth-order valence-electron chi connectivity index (χ4n) is 1.21. The normalized spacial score (nSPS) is 10.0. The molecule has 0 aliphatic carbocycles. The number of hydrogen-bond acceptors (Lipinski definition) is 3. The van der Waals surface area contributed by atoms with Crippen molar-refractivity contribution in [3.63, 3.8) is 0 Å². The van der Waals surface area contributed by atoms with Crippen LogP contribution in [0.4, 0.5) is 10.3 Å². The van der Waals surface area contributed by atoms with E-state index < -0.39 is 11.7 Å². The first-order valence-electron chi connectivity index (χ1n) is 4.70. The highest BCUT2D eigenvalue weighted by molar-refractivity contribution is 6.34. The van der Waals surface area contributed by atoms with Crippen molar-refractivity contribution in [1.82, 2.24) is 9.97 Å². The number of hydrogen-bond donors (Lipinski definition) is 1. The lowest BCUT2D eigenvalue weighted by Gasteiger charge is -2.04. The largest absolute Gasteiger partial charge is 0.290 e. The maximum absolute atomic E-state index is 12.8. The van der Waals surface area contributed by atoms with Gasteiger partial charge in [0.05, 0.1) is 10.6 Å². The average molecular weight is 252 g/mol. The molecule has 6 heteroatoms. The summed E-state index contributed by atoms with van der Waals surface area (Å²) in [7, 11) is 0. The van der Waals surface area contributed by atoms with E-state index in [1.807, 2.05) is 0 Å². The van der Waals surface area contributed by atoms with Crippen molar-refractivity contribution >= 4 is 23.5 Å². The lowest BCUT2D eigenvalue weighted by atomic mass is 10.2. The maximum Gasteiger partial charge on any atom is 0.259 e. The Morgan fingerprint density at radius 3 is 2.65 bits per heavy atom. The molecule has 1 aromatic carbocycles. The lowest BCUT2D eigenvalue weighted by molar-refractivity contribution is 0.102. The highest BCUT2D eigenvalue weighted by atomic mass is 35.5. The zero-order valence-electron chi connectivity index (χ0n) is 8.52. The molecule has 0 bridgehead atoms. The van der Waals surface area contributed by atoms with Crippen LogP contribution in [0.15, 0.2) is 36.7 Å². The number of benzene rings is 1. The van der Waals surface area contributed by atoms with Gasteiger partial charge in [-0.05, 0) is 24.3 Å². The van der Waals surface area contributed by atoms with Crippen LogP contribution in [-0.4, -0.2) is 15.9 Å². The van der Waals surface area contributed by atoms with Crippen LogP contribution in [0.5, 0.6) is 0 Å². The molecule has 0 saturated carbocycles. The number of nitrogens with zero attached hydrogens (tertiary/aromatic N) is 2. The summed E-state index contributed by atoms with van der Waals surface area (Å²) >= 11 is 5.75. The van der Waals surface area contributed by atoms with Crippen molar-refractivity contribution in [1.29, 1.82) is 0 Å². The van der Waals surface area contributed by atoms with Crippen molar-refractivity contribution in [3.05, 3.63) is 53.1 Å². The second-order valence-corrected chi connectivity index (χ2v) is 3.56. The Kier molecular flexibility index (Phi) is 3.30. The molecule has 0 unspecified atom stereocenters. The fraction of sp³-hybridized carbons (Fsp3) is 0. The number of anilines is 1. The molecule has 0 aliphatic heterocycles. The Morgan fingerprint density at radius 2 is 2.00 bits per heavy atom. The van der Waals surface area contributed by atoms with Gasteiger partial charge < -0.3 is 0 Å². The SMILES string of the molecule is O=C(Nc1ncccn1)c1ccc(F)cc1Cl. The van der Waals surface area contributed by atoms with Gasteiger partial charge >= 0.3 is 0 Å². The summed E-state index contributed by atoms with van der Waals surface area (Å²) in [6.45, 7) is 0. The maximum atomic E-state index is 12.8. The van der Waals surface area contributed by atoms with Crippen LogP contribution in [0.1, 0.15) is 10.4 Å². The molecular formula is C11H7ClFN3O. The van der Waals surface area contributed by atoms with Gasteiger partial charge in [0.1, 0.15) is 5.82 Å². The zero-order chi connectivity index (χ0) is 12.3. The fourth-order valence-corrected chi connectivity index (χ4v) is 1.46. The second-order valence-electron chi connectivity index (χ2n) is 3.15. The third kappa shape index (κ3) is 2.76. The van der Waals surface area contributed by atoms with Gasteiger partial charge in [0.15, 0.2) is 0 Å². The van der Waals surface area contributed by atoms with Gasteiger partial charge in [0.25, 0.3) is 5.91 Å². The van der Waals surface area contributed by atoms with E-state index in [4.69, 9.17) is 11.6 Å². The molecule has 1 heterocycles. The first-order chi connectivity index (χ1) is 8.16. The summed E-state index contributed by atoms with van der Waals surface area (Å²) < 4.78 is 12.8. The van der Waals surface area contributed by atoms with Crippen molar-refractivity contribution in [3.8, 4) is 0 Å². The first-order valence-corrected chi connectivity index (χ1v) is 5.08. The van der Waals surface area contributed by atoms with E-state index in [2.05, 4.69) is 15.3 Å². The number of amides is 1. The molecule has 4 nitrogen and oxygen atoms in total. The molecule has 2 rings (SSSR count). The van der Waals surface area contributed by atoms with Gasteiger partial charge in [-0.3, -0.25) is 10.1 Å². The molecule has 0 radical (unpaired) electrons. The summed E-state index contributed by atoms with van der Waals surface area (Å²) in [6.07, 6.45) is 2.99. The molecule has 0 fully saturated rings. The summed E-state index contributed by atoms with van der Waals surface area (Å²) in [4.78, 5) is 19.4. The predicted molar refractivity (Wildman–Crippen MR) is 61.4 cm³/mol. The summed E-state index contributed by atoms with van der Waals surface area (Å²) in [5, 5.41) is 2.49. The smallest absolute Gasteiger partial charge is 0.259 e. The van der Waals surface area contributed by atoms with Crippen LogP contribution < -0.4 is 5.32 Å². The summed E-state index contributed by atoms with van der Waals surface area (Å²) in [5.41, 5.74) is 0.167. The van der Waals surface area contributed by atoms with Gasteiger partial charge in [-0.2, -0.15) is 0 Å². The minimum atomic E-state index is -0.498. The number of rotatable bonds is 2. The third-order valence-corrected chi connectivity index (χ3v) is 2.28. The number of carbonyl (C=O) groups excluding carboxylic acids is 1. The van der Waals surface area contributed by atoms with Crippen molar-refractivity contribution in [2.45, 2.75) is 0 Å². The van der Waals surface area contributed by atoms with Gasteiger partial charge in [-0.15, -0.1) is 0 Å². The lowest BCUT2D eigenvalue weighted by Crippen LogP contribution is -2.14. The molecule has 0 saturated heterocycles. The van der Waals surface area contributed by atoms with Gasteiger partial charge in [0, 0.05) is 12.4 Å². The van der Waals surface area contributed by atoms with E-state index in [1.165, 1.54) is 18.5 Å². The van der Waals surface area contributed by atoms with Crippen LogP contribution in [0, 0.1) is 5.82 Å². The van der Waals surface area contributed by atoms with Crippen molar-refractivity contribution in [2.75, 3.05) is 5.32 Å². The highest BCUT2D eigenvalue weighted by Crippen LogP contribution is 2.17. The van der Waals surface area contributed by atoms with E-state index in [-0.39, 0.29) is 16.5 Å². The Labute approximate surface area is 101 Å². The van der Waals surface area contributed by atoms with E-state index in [9.17, 15) is 9.18 Å². The van der Waals surface area contributed by atoms with Crippen LogP contribution in [0.25, 0.3) is 0 Å². The number of halogens is 2. The van der Waals surface area contributed by atoms with E-state index >= 15 is 0 Å². The highest BCUT2D eigenvalue weighted by Gasteiger charge is 2.11. The van der Waals surface area contributed by atoms with Crippen molar-refractivity contribution < 1.29 is 9.18 Å². The van der Waals surface area contributed by atoms with Gasteiger partial charge in [0.2, 0.25) is 5.95 Å². The summed E-state index contributed by atoms with van der Waals surface area (Å²) in [5.74, 6) is -0.818. The minimum absolute atomic E-state index is 0.0402. The average Bonchev–Trinajstić information content (AvgIpc) is 2.30. The Balaban J connectivity index is 2.21. The second kappa shape index (κ2) is 4.88. The predicted octanol–water partition coefficient (Wildman–Crippen LogP) is 2.52. The standard InChI is InChI=1S/C11H7ClFN3O/c12-9-6-7(13)2-3-8(9)10(17)16-11-14-4-1-5-15-11/h1-6H,(H,14,15,16,17). The third-order valence-electron chi connectivity index (χ3n) is 1.97. The molecule has 86 valence electrons. The number of nitrogens with one attached hydrogen (secondary N) is 1. The van der Waals surface area contributed by atoms with Crippen molar-refractivity contribution in [2.24, 2.45) is 0 Å². The molecule has 0 atom stereocenters. The number of carbonyl (C=O) groups is 1. The molecule has 0 aliphatic rings. The summed E-state index contributed by atoms with van der Waals surface area (Å²) in [6, 6.07) is 5.16. The van der Waals surface area contributed by atoms with Crippen LogP contribution in [0.3, 0.4) is 0 Å². The molecule has 1 N–H and O–H groups in total. The molecular weight excluding hydrogens is 245 g/mol. The van der Waals surface area contributed by atoms with E-state index in [1.54, 1.807) is 6.07 Å². The Bertz CT molecular complexity index is 548. The Hall–Kier alpha value is -2.01. The molecule has 2 aromatic rings. The topological polar surface area (TPSA) is 54.9 Å². The molecule has 0 spiro atoms. The first kappa shape index (κ1) is 11.5. The van der Waals surface area contributed by atoms with E-state index in [0.29, 0.717) is 0 Å².